The molecular formula is C20H26N4O2. The van der Waals surface area contributed by atoms with Gasteiger partial charge in [-0.1, -0.05) is 6.92 Å². The molecule has 0 spiro atoms. The van der Waals surface area contributed by atoms with Crippen LogP contribution >= 0.6 is 0 Å². The number of nitrogens with one attached hydrogen (secondary N) is 1. The first-order chi connectivity index (χ1) is 12.7. The Hall–Kier alpha value is -2.60. The number of carbonyl (C=O) groups excluding carboxylic acids is 1. The number of benzene rings is 1. The highest BCUT2D eigenvalue weighted by Gasteiger charge is 2.17. The Balaban J connectivity index is 1.57. The van der Waals surface area contributed by atoms with E-state index < -0.39 is 0 Å². The molecule has 6 heteroatoms. The molecule has 0 bridgehead atoms. The van der Waals surface area contributed by atoms with Crippen LogP contribution in [-0.4, -0.2) is 37.1 Å². The van der Waals surface area contributed by atoms with Crippen LogP contribution in [-0.2, 0) is 0 Å². The summed E-state index contributed by atoms with van der Waals surface area (Å²) < 4.78 is 5.42. The number of nitrogens with zero attached hydrogens (tertiary/aromatic N) is 2. The summed E-state index contributed by atoms with van der Waals surface area (Å²) in [7, 11) is 0. The third-order valence-corrected chi connectivity index (χ3v) is 4.62. The summed E-state index contributed by atoms with van der Waals surface area (Å²) in [6.07, 6.45) is 4.02. The lowest BCUT2D eigenvalue weighted by molar-refractivity contribution is 0.102. The Labute approximate surface area is 154 Å². The average Bonchev–Trinajstić information content (AvgIpc) is 2.68. The van der Waals surface area contributed by atoms with Crippen molar-refractivity contribution in [2.45, 2.75) is 19.8 Å². The van der Waals surface area contributed by atoms with E-state index in [-0.39, 0.29) is 5.91 Å². The van der Waals surface area contributed by atoms with Gasteiger partial charge in [-0.25, -0.2) is 4.98 Å². The smallest absolute Gasteiger partial charge is 0.257 e. The quantitative estimate of drug-likeness (QED) is 0.834. The van der Waals surface area contributed by atoms with E-state index in [1.807, 2.05) is 24.3 Å². The minimum absolute atomic E-state index is 0.174. The molecule has 138 valence electrons. The second-order valence-electron chi connectivity index (χ2n) is 6.69. The first-order valence-corrected chi connectivity index (χ1v) is 9.11. The molecule has 1 aliphatic heterocycles. The highest BCUT2D eigenvalue weighted by atomic mass is 16.5. The highest BCUT2D eigenvalue weighted by molar-refractivity contribution is 6.04. The number of hydrogen-bond donors (Lipinski definition) is 2. The van der Waals surface area contributed by atoms with Crippen LogP contribution in [0.1, 0.15) is 30.1 Å². The Morgan fingerprint density at radius 1 is 1.23 bits per heavy atom. The van der Waals surface area contributed by atoms with Gasteiger partial charge in [0, 0.05) is 31.5 Å². The second-order valence-corrected chi connectivity index (χ2v) is 6.69. The van der Waals surface area contributed by atoms with Crippen molar-refractivity contribution in [3.8, 4) is 5.75 Å². The first kappa shape index (κ1) is 18.2. The summed E-state index contributed by atoms with van der Waals surface area (Å²) in [5.74, 6) is 2.28. The van der Waals surface area contributed by atoms with Crippen molar-refractivity contribution in [2.75, 3.05) is 36.5 Å². The van der Waals surface area contributed by atoms with Crippen LogP contribution < -0.4 is 20.7 Å². The van der Waals surface area contributed by atoms with Gasteiger partial charge in [0.05, 0.1) is 5.56 Å². The largest absolute Gasteiger partial charge is 0.492 e. The Morgan fingerprint density at radius 2 is 1.96 bits per heavy atom. The zero-order chi connectivity index (χ0) is 18.4. The molecule has 0 aliphatic carbocycles. The van der Waals surface area contributed by atoms with Gasteiger partial charge in [-0.15, -0.1) is 0 Å². The van der Waals surface area contributed by atoms with Crippen molar-refractivity contribution < 1.29 is 9.53 Å². The summed E-state index contributed by atoms with van der Waals surface area (Å²) >= 11 is 0. The molecule has 1 fully saturated rings. The zero-order valence-electron chi connectivity index (χ0n) is 15.1. The molecule has 0 unspecified atom stereocenters. The SMILES string of the molecule is CC1CCN(c2ccc(C(=O)Nc3ccc(OCCN)cc3)cn2)CC1. The number of anilines is 2. The van der Waals surface area contributed by atoms with Crippen LogP contribution in [0.25, 0.3) is 0 Å². The van der Waals surface area contributed by atoms with E-state index in [1.165, 1.54) is 12.8 Å². The average molecular weight is 354 g/mol. The molecule has 1 amide bonds. The maximum atomic E-state index is 12.4. The minimum Gasteiger partial charge on any atom is -0.492 e. The Kier molecular flexibility index (Phi) is 6.07. The highest BCUT2D eigenvalue weighted by Crippen LogP contribution is 2.22. The van der Waals surface area contributed by atoms with Crippen molar-refractivity contribution in [2.24, 2.45) is 11.7 Å². The van der Waals surface area contributed by atoms with E-state index in [2.05, 4.69) is 22.1 Å². The van der Waals surface area contributed by atoms with E-state index in [0.717, 1.165) is 30.6 Å². The number of nitrogens with two attached hydrogens (primary N) is 1. The molecule has 3 rings (SSSR count). The predicted octanol–water partition coefficient (Wildman–Crippen LogP) is 2.91. The van der Waals surface area contributed by atoms with Crippen LogP contribution in [0.15, 0.2) is 42.6 Å². The van der Waals surface area contributed by atoms with E-state index in [4.69, 9.17) is 10.5 Å². The predicted molar refractivity (Wildman–Crippen MR) is 104 cm³/mol. The molecule has 2 heterocycles. The maximum absolute atomic E-state index is 12.4. The molecule has 3 N–H and O–H groups in total. The summed E-state index contributed by atoms with van der Waals surface area (Å²) in [4.78, 5) is 19.1. The van der Waals surface area contributed by atoms with Crippen molar-refractivity contribution in [3.05, 3.63) is 48.2 Å². The lowest BCUT2D eigenvalue weighted by atomic mass is 9.99. The molecule has 1 saturated heterocycles. The Bertz CT molecular complexity index is 708. The lowest BCUT2D eigenvalue weighted by Crippen LogP contribution is -2.33. The van der Waals surface area contributed by atoms with Gasteiger partial charge >= 0.3 is 0 Å². The standard InChI is InChI=1S/C20H26N4O2/c1-15-8-11-24(12-9-15)19-7-2-16(14-22-19)20(25)23-17-3-5-18(6-4-17)26-13-10-21/h2-7,14-15H,8-13,21H2,1H3,(H,23,25). The van der Waals surface area contributed by atoms with E-state index in [9.17, 15) is 4.79 Å². The number of aromatic nitrogens is 1. The third-order valence-electron chi connectivity index (χ3n) is 4.62. The van der Waals surface area contributed by atoms with Crippen LogP contribution in [0.5, 0.6) is 5.75 Å². The van der Waals surface area contributed by atoms with Gasteiger partial charge in [0.15, 0.2) is 0 Å². The third kappa shape index (κ3) is 4.73. The molecule has 26 heavy (non-hydrogen) atoms. The number of hydrogen-bond acceptors (Lipinski definition) is 5. The van der Waals surface area contributed by atoms with Crippen molar-refractivity contribution in [3.63, 3.8) is 0 Å². The number of ether oxygens (including phenoxy) is 1. The number of rotatable bonds is 6. The molecule has 0 radical (unpaired) electrons. The topological polar surface area (TPSA) is 80.5 Å². The molecule has 0 saturated carbocycles. The number of carbonyl (C=O) groups is 1. The van der Waals surface area contributed by atoms with Crippen molar-refractivity contribution in [1.29, 1.82) is 0 Å². The number of amides is 1. The zero-order valence-corrected chi connectivity index (χ0v) is 15.1. The molecular weight excluding hydrogens is 328 g/mol. The lowest BCUT2D eigenvalue weighted by Gasteiger charge is -2.31. The van der Waals surface area contributed by atoms with Gasteiger partial charge in [0.2, 0.25) is 0 Å². The fourth-order valence-electron chi connectivity index (χ4n) is 2.96. The number of pyridine rings is 1. The van der Waals surface area contributed by atoms with E-state index in [1.54, 1.807) is 18.3 Å². The van der Waals surface area contributed by atoms with Crippen molar-refractivity contribution in [1.82, 2.24) is 4.98 Å². The van der Waals surface area contributed by atoms with Crippen LogP contribution in [0.4, 0.5) is 11.5 Å². The summed E-state index contributed by atoms with van der Waals surface area (Å²) in [5, 5.41) is 2.87. The fourth-order valence-corrected chi connectivity index (χ4v) is 2.96. The summed E-state index contributed by atoms with van der Waals surface area (Å²) in [6, 6.07) is 11.0. The van der Waals surface area contributed by atoms with Crippen LogP contribution in [0.3, 0.4) is 0 Å². The maximum Gasteiger partial charge on any atom is 0.257 e. The van der Waals surface area contributed by atoms with Gasteiger partial charge in [-0.05, 0) is 55.2 Å². The molecule has 1 aliphatic rings. The molecule has 0 atom stereocenters. The molecule has 1 aromatic heterocycles. The van der Waals surface area contributed by atoms with E-state index >= 15 is 0 Å². The fraction of sp³-hybridized carbons (Fsp3) is 0.400. The summed E-state index contributed by atoms with van der Waals surface area (Å²) in [5.41, 5.74) is 6.67. The summed E-state index contributed by atoms with van der Waals surface area (Å²) in [6.45, 7) is 5.28. The first-order valence-electron chi connectivity index (χ1n) is 9.11. The molecule has 1 aromatic carbocycles. The van der Waals surface area contributed by atoms with Crippen molar-refractivity contribution >= 4 is 17.4 Å². The number of piperidine rings is 1. The van der Waals surface area contributed by atoms with Crippen LogP contribution in [0.2, 0.25) is 0 Å². The second kappa shape index (κ2) is 8.67. The normalized spacial score (nSPS) is 14.9. The van der Waals surface area contributed by atoms with Gasteiger partial charge < -0.3 is 20.7 Å². The molecule has 2 aromatic rings. The van der Waals surface area contributed by atoms with E-state index in [0.29, 0.717) is 24.4 Å². The molecule has 6 nitrogen and oxygen atoms in total. The van der Waals surface area contributed by atoms with Gasteiger partial charge in [-0.2, -0.15) is 0 Å². The monoisotopic (exact) mass is 354 g/mol. The van der Waals surface area contributed by atoms with Gasteiger partial charge in [-0.3, -0.25) is 4.79 Å². The van der Waals surface area contributed by atoms with Gasteiger partial charge in [0.1, 0.15) is 18.2 Å². The van der Waals surface area contributed by atoms with Gasteiger partial charge in [0.25, 0.3) is 5.91 Å². The Morgan fingerprint density at radius 3 is 2.58 bits per heavy atom. The van der Waals surface area contributed by atoms with Crippen LogP contribution in [0, 0.1) is 5.92 Å². The minimum atomic E-state index is -0.174.